The third kappa shape index (κ3) is 1.95. The van der Waals surface area contributed by atoms with Gasteiger partial charge in [-0.15, -0.1) is 0 Å². The Morgan fingerprint density at radius 1 is 1.50 bits per heavy atom. The van der Waals surface area contributed by atoms with E-state index in [-0.39, 0.29) is 12.4 Å². The summed E-state index contributed by atoms with van der Waals surface area (Å²) in [7, 11) is 0. The summed E-state index contributed by atoms with van der Waals surface area (Å²) in [5, 5.41) is 0. The topological polar surface area (TPSA) is 52.6 Å². The Labute approximate surface area is 92.5 Å². The smallest absolute Gasteiger partial charge is 0.338 e. The molecular weight excluding hydrogens is 208 g/mol. The quantitative estimate of drug-likeness (QED) is 0.430. The lowest BCUT2D eigenvalue weighted by atomic mass is 10.1. The summed E-state index contributed by atoms with van der Waals surface area (Å²) in [4.78, 5) is 22.3. The molecule has 1 heterocycles. The molecule has 0 aromatic heterocycles. The summed E-state index contributed by atoms with van der Waals surface area (Å²) in [5.74, 6) is 0.147. The normalized spacial score (nSPS) is 12.9. The Morgan fingerprint density at radius 2 is 2.25 bits per heavy atom. The number of carbonyl (C=O) groups is 2. The van der Waals surface area contributed by atoms with Gasteiger partial charge >= 0.3 is 11.9 Å². The molecule has 0 saturated heterocycles. The van der Waals surface area contributed by atoms with Crippen LogP contribution in [0.2, 0.25) is 0 Å². The van der Waals surface area contributed by atoms with Crippen LogP contribution in [0.25, 0.3) is 0 Å². The van der Waals surface area contributed by atoms with Gasteiger partial charge in [0.15, 0.2) is 0 Å². The number of ether oxygens (including phenoxy) is 2. The first kappa shape index (κ1) is 10.4. The van der Waals surface area contributed by atoms with Gasteiger partial charge in [0.1, 0.15) is 11.5 Å². The minimum atomic E-state index is -0.481. The largest absolute Gasteiger partial charge is 0.426 e. The predicted octanol–water partition coefficient (Wildman–Crippen LogP) is 1.63. The number of hydrogen-bond acceptors (Lipinski definition) is 4. The Balaban J connectivity index is 2.20. The zero-order chi connectivity index (χ0) is 11.7. The molecule has 4 heteroatoms. The third-order valence-corrected chi connectivity index (χ3v) is 2.15. The van der Waals surface area contributed by atoms with E-state index in [1.165, 1.54) is 0 Å². The highest BCUT2D eigenvalue weighted by molar-refractivity contribution is 5.89. The van der Waals surface area contributed by atoms with Crippen LogP contribution < -0.4 is 9.47 Å². The van der Waals surface area contributed by atoms with Crippen molar-refractivity contribution < 1.29 is 19.1 Å². The van der Waals surface area contributed by atoms with E-state index in [1.807, 2.05) is 0 Å². The maximum atomic E-state index is 11.3. The fourth-order valence-corrected chi connectivity index (χ4v) is 1.37. The van der Waals surface area contributed by atoms with Crippen molar-refractivity contribution in [2.75, 3.05) is 0 Å². The molecule has 0 bridgehead atoms. The molecule has 1 aromatic carbocycles. The first-order valence-electron chi connectivity index (χ1n) is 4.77. The molecule has 0 N–H and O–H groups in total. The summed E-state index contributed by atoms with van der Waals surface area (Å²) in [6, 6.07) is 4.82. The highest BCUT2D eigenvalue weighted by atomic mass is 16.5. The lowest BCUT2D eigenvalue weighted by Crippen LogP contribution is -2.08. The standard InChI is InChI=1S/C12H10O4/c1-7(2)12(14)15-9-3-4-10-8(5-9)6-11(13)16-10/h3-5H,1,6H2,2H3. The summed E-state index contributed by atoms with van der Waals surface area (Å²) in [6.07, 6.45) is 0.216. The Kier molecular flexibility index (Phi) is 2.48. The number of fused-ring (bicyclic) bond motifs is 1. The summed E-state index contributed by atoms with van der Waals surface area (Å²) < 4.78 is 9.95. The molecule has 0 amide bonds. The van der Waals surface area contributed by atoms with Crippen molar-refractivity contribution in [3.05, 3.63) is 35.9 Å². The molecule has 1 aromatic rings. The predicted molar refractivity (Wildman–Crippen MR) is 56.2 cm³/mol. The lowest BCUT2D eigenvalue weighted by molar-refractivity contribution is -0.132. The molecular formula is C12H10O4. The van der Waals surface area contributed by atoms with E-state index in [1.54, 1.807) is 25.1 Å². The van der Waals surface area contributed by atoms with Crippen LogP contribution in [-0.4, -0.2) is 11.9 Å². The Morgan fingerprint density at radius 3 is 2.94 bits per heavy atom. The maximum absolute atomic E-state index is 11.3. The van der Waals surface area contributed by atoms with E-state index >= 15 is 0 Å². The molecule has 0 spiro atoms. The summed E-state index contributed by atoms with van der Waals surface area (Å²) >= 11 is 0. The van der Waals surface area contributed by atoms with Crippen molar-refractivity contribution in [3.63, 3.8) is 0 Å². The number of benzene rings is 1. The van der Waals surface area contributed by atoms with E-state index < -0.39 is 5.97 Å². The van der Waals surface area contributed by atoms with E-state index in [4.69, 9.17) is 9.47 Å². The van der Waals surface area contributed by atoms with E-state index in [9.17, 15) is 9.59 Å². The molecule has 1 aliphatic rings. The fraction of sp³-hybridized carbons (Fsp3) is 0.167. The van der Waals surface area contributed by atoms with Crippen molar-refractivity contribution in [3.8, 4) is 11.5 Å². The Bertz CT molecular complexity index is 488. The van der Waals surface area contributed by atoms with Crippen molar-refractivity contribution in [2.24, 2.45) is 0 Å². The monoisotopic (exact) mass is 218 g/mol. The SMILES string of the molecule is C=C(C)C(=O)Oc1ccc2c(c1)CC(=O)O2. The minimum absolute atomic E-state index is 0.216. The maximum Gasteiger partial charge on any atom is 0.338 e. The van der Waals surface area contributed by atoms with Crippen LogP contribution in [0.15, 0.2) is 30.4 Å². The second-order valence-corrected chi connectivity index (χ2v) is 3.59. The molecule has 0 aliphatic carbocycles. The van der Waals surface area contributed by atoms with Crippen LogP contribution in [0, 0.1) is 0 Å². The van der Waals surface area contributed by atoms with Crippen LogP contribution in [0.4, 0.5) is 0 Å². The van der Waals surface area contributed by atoms with E-state index in [0.717, 1.165) is 5.56 Å². The van der Waals surface area contributed by atoms with Gasteiger partial charge in [0, 0.05) is 11.1 Å². The second-order valence-electron chi connectivity index (χ2n) is 3.59. The Hall–Kier alpha value is -2.10. The van der Waals surface area contributed by atoms with Gasteiger partial charge in [-0.1, -0.05) is 6.58 Å². The van der Waals surface area contributed by atoms with Gasteiger partial charge in [0.05, 0.1) is 6.42 Å². The number of carbonyl (C=O) groups excluding carboxylic acids is 2. The van der Waals surface area contributed by atoms with Crippen molar-refractivity contribution in [2.45, 2.75) is 13.3 Å². The first-order chi connectivity index (χ1) is 7.56. The number of hydrogen-bond donors (Lipinski definition) is 0. The molecule has 82 valence electrons. The van der Waals surface area contributed by atoms with Gasteiger partial charge in [0.2, 0.25) is 0 Å². The first-order valence-corrected chi connectivity index (χ1v) is 4.77. The van der Waals surface area contributed by atoms with Gasteiger partial charge in [0.25, 0.3) is 0 Å². The molecule has 0 radical (unpaired) electrons. The van der Waals surface area contributed by atoms with Gasteiger partial charge in [-0.2, -0.15) is 0 Å². The van der Waals surface area contributed by atoms with Gasteiger partial charge in [-0.25, -0.2) is 4.79 Å². The third-order valence-electron chi connectivity index (χ3n) is 2.15. The second kappa shape index (κ2) is 3.81. The van der Waals surface area contributed by atoms with Crippen LogP contribution in [0.1, 0.15) is 12.5 Å². The molecule has 1 aliphatic heterocycles. The average Bonchev–Trinajstić information content (AvgIpc) is 2.57. The molecule has 0 atom stereocenters. The molecule has 0 saturated carbocycles. The van der Waals surface area contributed by atoms with Crippen LogP contribution in [0.5, 0.6) is 11.5 Å². The number of rotatable bonds is 2. The molecule has 4 nitrogen and oxygen atoms in total. The zero-order valence-electron chi connectivity index (χ0n) is 8.78. The molecule has 0 unspecified atom stereocenters. The van der Waals surface area contributed by atoms with Crippen molar-refractivity contribution in [1.29, 1.82) is 0 Å². The summed E-state index contributed by atoms with van der Waals surface area (Å²) in [6.45, 7) is 5.05. The van der Waals surface area contributed by atoms with Crippen molar-refractivity contribution in [1.82, 2.24) is 0 Å². The average molecular weight is 218 g/mol. The molecule has 16 heavy (non-hydrogen) atoms. The highest BCUT2D eigenvalue weighted by Crippen LogP contribution is 2.29. The fourth-order valence-electron chi connectivity index (χ4n) is 1.37. The highest BCUT2D eigenvalue weighted by Gasteiger charge is 2.21. The minimum Gasteiger partial charge on any atom is -0.426 e. The van der Waals surface area contributed by atoms with Gasteiger partial charge < -0.3 is 9.47 Å². The van der Waals surface area contributed by atoms with Crippen LogP contribution in [-0.2, 0) is 16.0 Å². The lowest BCUT2D eigenvalue weighted by Gasteiger charge is -2.04. The molecule has 2 rings (SSSR count). The number of esters is 2. The van der Waals surface area contributed by atoms with Crippen LogP contribution in [0.3, 0.4) is 0 Å². The van der Waals surface area contributed by atoms with Crippen molar-refractivity contribution >= 4 is 11.9 Å². The van der Waals surface area contributed by atoms with E-state index in [2.05, 4.69) is 6.58 Å². The van der Waals surface area contributed by atoms with Crippen LogP contribution >= 0.6 is 0 Å². The van der Waals surface area contributed by atoms with E-state index in [0.29, 0.717) is 17.1 Å². The van der Waals surface area contributed by atoms with Gasteiger partial charge in [-0.3, -0.25) is 4.79 Å². The zero-order valence-corrected chi connectivity index (χ0v) is 8.78. The molecule has 0 fully saturated rings. The van der Waals surface area contributed by atoms with Gasteiger partial charge in [-0.05, 0) is 25.1 Å². The summed E-state index contributed by atoms with van der Waals surface area (Å²) in [5.41, 5.74) is 1.06.